The van der Waals surface area contributed by atoms with Crippen LogP contribution in [0.1, 0.15) is 23.1 Å². The van der Waals surface area contributed by atoms with Gasteiger partial charge >= 0.3 is 0 Å². The molecule has 0 amide bonds. The number of nitrogens with zero attached hydrogens (tertiary/aromatic N) is 2. The van der Waals surface area contributed by atoms with E-state index in [1.807, 2.05) is 32.0 Å². The van der Waals surface area contributed by atoms with Gasteiger partial charge in [0.25, 0.3) is 0 Å². The van der Waals surface area contributed by atoms with E-state index in [4.69, 9.17) is 11.6 Å². The van der Waals surface area contributed by atoms with Gasteiger partial charge < -0.3 is 10.4 Å². The molecule has 0 saturated carbocycles. The number of aryl methyl sites for hydroxylation is 2. The number of hydrogen-bond acceptors (Lipinski definition) is 4. The first-order chi connectivity index (χ1) is 10.6. The van der Waals surface area contributed by atoms with Crippen molar-refractivity contribution in [2.24, 2.45) is 4.99 Å². The Balaban J connectivity index is 1.79. The quantitative estimate of drug-likeness (QED) is 0.626. The van der Waals surface area contributed by atoms with Crippen LogP contribution in [0.3, 0.4) is 0 Å². The second-order valence-electron chi connectivity index (χ2n) is 5.22. The van der Waals surface area contributed by atoms with Gasteiger partial charge in [-0.1, -0.05) is 11.6 Å². The molecule has 1 aromatic heterocycles. The highest BCUT2D eigenvalue weighted by molar-refractivity contribution is 6.32. The van der Waals surface area contributed by atoms with Crippen LogP contribution in [0, 0.1) is 13.8 Å². The van der Waals surface area contributed by atoms with E-state index in [1.165, 1.54) is 5.56 Å². The highest BCUT2D eigenvalue weighted by atomic mass is 35.5. The number of phenolic OH excluding ortho intramolecular Hbond substituents is 1. The molecule has 4 nitrogen and oxygen atoms in total. The van der Waals surface area contributed by atoms with E-state index in [0.29, 0.717) is 17.1 Å². The molecule has 0 atom stereocenters. The highest BCUT2D eigenvalue weighted by Gasteiger charge is 2.04. The topological polar surface area (TPSA) is 57.5 Å². The lowest BCUT2D eigenvalue weighted by Crippen LogP contribution is -2.04. The van der Waals surface area contributed by atoms with Gasteiger partial charge in [0.05, 0.1) is 5.02 Å². The van der Waals surface area contributed by atoms with Crippen molar-refractivity contribution in [3.63, 3.8) is 0 Å². The fraction of sp³-hybridized carbons (Fsp3) is 0.294. The largest absolute Gasteiger partial charge is 0.506 e. The molecule has 2 rings (SSSR count). The molecule has 5 heteroatoms. The van der Waals surface area contributed by atoms with Crippen LogP contribution in [0.25, 0.3) is 0 Å². The number of hydrogen-bond donors (Lipinski definition) is 2. The smallest absolute Gasteiger partial charge is 0.142 e. The van der Waals surface area contributed by atoms with E-state index in [2.05, 4.69) is 15.3 Å². The number of pyridine rings is 1. The first-order valence-corrected chi connectivity index (χ1v) is 7.59. The summed E-state index contributed by atoms with van der Waals surface area (Å²) in [5.41, 5.74) is 2.83. The molecule has 2 N–H and O–H groups in total. The Hall–Kier alpha value is -2.07. The van der Waals surface area contributed by atoms with E-state index in [-0.39, 0.29) is 5.75 Å². The summed E-state index contributed by atoms with van der Waals surface area (Å²) in [6.07, 6.45) is 4.34. The fourth-order valence-electron chi connectivity index (χ4n) is 2.04. The summed E-state index contributed by atoms with van der Waals surface area (Å²) < 4.78 is 0. The number of aliphatic imine (C=N–C) groups is 1. The molecule has 0 unspecified atom stereocenters. The summed E-state index contributed by atoms with van der Waals surface area (Å²) in [6, 6.07) is 7.57. The lowest BCUT2D eigenvalue weighted by atomic mass is 10.1. The third-order valence-corrected chi connectivity index (χ3v) is 3.44. The van der Waals surface area contributed by atoms with E-state index < -0.39 is 0 Å². The van der Waals surface area contributed by atoms with Gasteiger partial charge in [0, 0.05) is 31.1 Å². The van der Waals surface area contributed by atoms with E-state index in [0.717, 1.165) is 24.3 Å². The van der Waals surface area contributed by atoms with Crippen molar-refractivity contribution in [2.45, 2.75) is 20.3 Å². The number of benzene rings is 1. The van der Waals surface area contributed by atoms with Crippen molar-refractivity contribution in [3.05, 3.63) is 52.2 Å². The van der Waals surface area contributed by atoms with Gasteiger partial charge in [-0.25, -0.2) is 4.98 Å². The van der Waals surface area contributed by atoms with Crippen LogP contribution in [0.4, 0.5) is 5.82 Å². The lowest BCUT2D eigenvalue weighted by Gasteiger charge is -2.05. The predicted molar refractivity (Wildman–Crippen MR) is 92.4 cm³/mol. The van der Waals surface area contributed by atoms with Crippen molar-refractivity contribution in [2.75, 3.05) is 18.4 Å². The van der Waals surface area contributed by atoms with E-state index >= 15 is 0 Å². The van der Waals surface area contributed by atoms with Crippen molar-refractivity contribution < 1.29 is 5.11 Å². The molecule has 0 radical (unpaired) electrons. The molecule has 116 valence electrons. The molecule has 0 bridgehead atoms. The van der Waals surface area contributed by atoms with Gasteiger partial charge in [0.1, 0.15) is 11.6 Å². The molecule has 0 saturated heterocycles. The first-order valence-electron chi connectivity index (χ1n) is 7.22. The predicted octanol–water partition coefficient (Wildman–Crippen LogP) is 3.98. The molecule has 1 heterocycles. The van der Waals surface area contributed by atoms with Crippen LogP contribution in [0.2, 0.25) is 5.02 Å². The maximum atomic E-state index is 9.86. The number of nitrogens with one attached hydrogen (secondary N) is 1. The van der Waals surface area contributed by atoms with Crippen molar-refractivity contribution in [1.82, 2.24) is 4.98 Å². The molecule has 22 heavy (non-hydrogen) atoms. The minimum Gasteiger partial charge on any atom is -0.506 e. The van der Waals surface area contributed by atoms with Gasteiger partial charge in [-0.2, -0.15) is 0 Å². The molecule has 0 aliphatic carbocycles. The maximum absolute atomic E-state index is 9.86. The average molecular weight is 318 g/mol. The highest BCUT2D eigenvalue weighted by Crippen LogP contribution is 2.27. The fourth-order valence-corrected chi connectivity index (χ4v) is 2.32. The summed E-state index contributed by atoms with van der Waals surface area (Å²) in [6.45, 7) is 5.44. The molecule has 0 fully saturated rings. The van der Waals surface area contributed by atoms with E-state index in [1.54, 1.807) is 18.5 Å². The number of halogens is 1. The minimum atomic E-state index is 0.0816. The van der Waals surface area contributed by atoms with Crippen LogP contribution in [-0.2, 0) is 0 Å². The van der Waals surface area contributed by atoms with Crippen LogP contribution >= 0.6 is 11.6 Å². The van der Waals surface area contributed by atoms with E-state index in [9.17, 15) is 5.11 Å². The SMILES string of the molecule is Cc1ccnc(NCCCN=Cc2cc(C)cc(Cl)c2O)c1. The minimum absolute atomic E-state index is 0.0816. The van der Waals surface area contributed by atoms with Crippen LogP contribution in [0.15, 0.2) is 35.5 Å². The molecule has 0 spiro atoms. The molecule has 0 aliphatic heterocycles. The summed E-state index contributed by atoms with van der Waals surface area (Å²) in [7, 11) is 0. The Bertz CT molecular complexity index is 671. The molecular formula is C17H20ClN3O. The second kappa shape index (κ2) is 7.80. The summed E-state index contributed by atoms with van der Waals surface area (Å²) in [5, 5.41) is 13.5. The van der Waals surface area contributed by atoms with Crippen LogP contribution in [-0.4, -0.2) is 29.4 Å². The van der Waals surface area contributed by atoms with Crippen LogP contribution < -0.4 is 5.32 Å². The monoisotopic (exact) mass is 317 g/mol. The molecule has 0 aliphatic rings. The Morgan fingerprint density at radius 2 is 2.09 bits per heavy atom. The average Bonchev–Trinajstić information content (AvgIpc) is 2.47. The lowest BCUT2D eigenvalue weighted by molar-refractivity contribution is 0.474. The van der Waals surface area contributed by atoms with Gasteiger partial charge in [0.15, 0.2) is 0 Å². The normalized spacial score (nSPS) is 11.0. The number of phenols is 1. The number of rotatable bonds is 6. The van der Waals surface area contributed by atoms with Gasteiger partial charge in [0.2, 0.25) is 0 Å². The zero-order chi connectivity index (χ0) is 15.9. The zero-order valence-electron chi connectivity index (χ0n) is 12.8. The van der Waals surface area contributed by atoms with Gasteiger partial charge in [-0.05, 0) is 55.7 Å². The van der Waals surface area contributed by atoms with Crippen LogP contribution in [0.5, 0.6) is 5.75 Å². The number of aromatic hydroxyl groups is 1. The maximum Gasteiger partial charge on any atom is 0.142 e. The third kappa shape index (κ3) is 4.74. The van der Waals surface area contributed by atoms with Crippen molar-refractivity contribution in [3.8, 4) is 5.75 Å². The first kappa shape index (κ1) is 16.3. The summed E-state index contributed by atoms with van der Waals surface area (Å²) in [4.78, 5) is 8.57. The molecule has 1 aromatic carbocycles. The van der Waals surface area contributed by atoms with Crippen molar-refractivity contribution >= 4 is 23.6 Å². The zero-order valence-corrected chi connectivity index (χ0v) is 13.6. The Kier molecular flexibility index (Phi) is 5.78. The Morgan fingerprint density at radius 3 is 2.86 bits per heavy atom. The Morgan fingerprint density at radius 1 is 1.27 bits per heavy atom. The Labute approximate surface area is 135 Å². The standard InChI is InChI=1S/C17H20ClN3O/c1-12-4-7-21-16(10-12)20-6-3-5-19-11-14-8-13(2)9-15(18)17(14)22/h4,7-11,22H,3,5-6H2,1-2H3,(H,20,21). The summed E-state index contributed by atoms with van der Waals surface area (Å²) >= 11 is 5.93. The van der Waals surface area contributed by atoms with Gasteiger partial charge in [-0.15, -0.1) is 0 Å². The number of anilines is 1. The molecule has 2 aromatic rings. The van der Waals surface area contributed by atoms with Crippen molar-refractivity contribution in [1.29, 1.82) is 0 Å². The second-order valence-corrected chi connectivity index (χ2v) is 5.63. The molecular weight excluding hydrogens is 298 g/mol. The summed E-state index contributed by atoms with van der Waals surface area (Å²) in [5.74, 6) is 0.963. The van der Waals surface area contributed by atoms with Gasteiger partial charge in [-0.3, -0.25) is 4.99 Å². The third-order valence-electron chi connectivity index (χ3n) is 3.15. The number of aromatic nitrogens is 1.